The molecule has 0 radical (unpaired) electrons. The zero-order valence-electron chi connectivity index (χ0n) is 14.7. The Morgan fingerprint density at radius 2 is 1.78 bits per heavy atom. The molecule has 1 N–H and O–H groups in total. The van der Waals surface area contributed by atoms with Crippen molar-refractivity contribution in [1.82, 2.24) is 45.0 Å². The molecule has 0 atom stereocenters. The van der Waals surface area contributed by atoms with Crippen LogP contribution in [0.2, 0.25) is 0 Å². The number of hydrogen-bond acceptors (Lipinski definition) is 8. The van der Waals surface area contributed by atoms with Gasteiger partial charge < -0.3 is 10.2 Å². The maximum Gasteiger partial charge on any atom is 0.223 e. The second-order valence-corrected chi connectivity index (χ2v) is 6.30. The molecule has 27 heavy (non-hydrogen) atoms. The quantitative estimate of drug-likeness (QED) is 0.629. The molecule has 3 aromatic heterocycles. The lowest BCUT2D eigenvalue weighted by Crippen LogP contribution is -2.41. The first-order chi connectivity index (χ1) is 13.3. The molecule has 11 heteroatoms. The van der Waals surface area contributed by atoms with Gasteiger partial charge in [-0.2, -0.15) is 10.2 Å². The lowest BCUT2D eigenvalue weighted by atomic mass is 9.96. The number of nitrogens with zero attached hydrogens (tertiary/aromatic N) is 9. The van der Waals surface area contributed by atoms with Gasteiger partial charge in [-0.05, 0) is 25.0 Å². The summed E-state index contributed by atoms with van der Waals surface area (Å²) < 4.78 is 3.26. The summed E-state index contributed by atoms with van der Waals surface area (Å²) in [7, 11) is 0. The van der Waals surface area contributed by atoms with Gasteiger partial charge in [0.05, 0.1) is 6.54 Å². The number of rotatable bonds is 6. The molecule has 1 aliphatic rings. The number of amides is 1. The zero-order chi connectivity index (χ0) is 18.5. The summed E-state index contributed by atoms with van der Waals surface area (Å²) in [6.07, 6.45) is 7.75. The van der Waals surface area contributed by atoms with Crippen LogP contribution in [0.3, 0.4) is 0 Å². The molecule has 4 rings (SSSR count). The Bertz CT molecular complexity index is 838. The number of carbonyl (C=O) groups excluding carboxylic acids is 1. The fourth-order valence-electron chi connectivity index (χ4n) is 3.09. The van der Waals surface area contributed by atoms with Gasteiger partial charge >= 0.3 is 0 Å². The van der Waals surface area contributed by atoms with Crippen LogP contribution < -0.4 is 10.2 Å². The largest absolute Gasteiger partial charge is 0.355 e. The Morgan fingerprint density at radius 3 is 2.44 bits per heavy atom. The molecule has 0 aliphatic carbocycles. The van der Waals surface area contributed by atoms with Crippen molar-refractivity contribution in [3.8, 4) is 5.82 Å². The van der Waals surface area contributed by atoms with Crippen molar-refractivity contribution in [2.24, 2.45) is 5.92 Å². The molecule has 1 amide bonds. The summed E-state index contributed by atoms with van der Waals surface area (Å²) >= 11 is 0. The molecular weight excluding hydrogens is 348 g/mol. The number of anilines is 1. The molecule has 3 aromatic rings. The number of carbonyl (C=O) groups is 1. The number of hydrogen-bond donors (Lipinski definition) is 1. The Balaban J connectivity index is 1.25. The van der Waals surface area contributed by atoms with Crippen LogP contribution in [0.1, 0.15) is 12.8 Å². The van der Waals surface area contributed by atoms with E-state index in [1.54, 1.807) is 22.0 Å². The van der Waals surface area contributed by atoms with E-state index in [0.717, 1.165) is 31.7 Å². The molecule has 11 nitrogen and oxygen atoms in total. The molecule has 0 bridgehead atoms. The van der Waals surface area contributed by atoms with Gasteiger partial charge in [0.1, 0.15) is 25.3 Å². The second kappa shape index (κ2) is 7.89. The fraction of sp³-hybridized carbons (Fsp3) is 0.438. The van der Waals surface area contributed by atoms with E-state index in [0.29, 0.717) is 18.9 Å². The normalized spacial score (nSPS) is 15.0. The molecule has 4 heterocycles. The van der Waals surface area contributed by atoms with Crippen LogP contribution in [-0.2, 0) is 11.3 Å². The maximum atomic E-state index is 12.3. The summed E-state index contributed by atoms with van der Waals surface area (Å²) in [5, 5.41) is 19.5. The van der Waals surface area contributed by atoms with Crippen LogP contribution in [0.25, 0.3) is 5.82 Å². The van der Waals surface area contributed by atoms with Crippen LogP contribution in [-0.4, -0.2) is 65.3 Å². The average Bonchev–Trinajstić information content (AvgIpc) is 3.42. The van der Waals surface area contributed by atoms with E-state index < -0.39 is 0 Å². The first-order valence-electron chi connectivity index (χ1n) is 8.83. The summed E-state index contributed by atoms with van der Waals surface area (Å²) in [5.41, 5.74) is 0. The van der Waals surface area contributed by atoms with Crippen LogP contribution in [0.5, 0.6) is 0 Å². The Labute approximate surface area is 155 Å². The van der Waals surface area contributed by atoms with Gasteiger partial charge in [0.2, 0.25) is 5.91 Å². The van der Waals surface area contributed by atoms with Crippen molar-refractivity contribution in [2.45, 2.75) is 19.4 Å². The first-order valence-corrected chi connectivity index (χ1v) is 8.83. The average molecular weight is 368 g/mol. The highest BCUT2D eigenvalue weighted by atomic mass is 16.1. The van der Waals surface area contributed by atoms with E-state index in [1.165, 1.54) is 12.7 Å². The van der Waals surface area contributed by atoms with Crippen molar-refractivity contribution in [2.75, 3.05) is 24.5 Å². The summed E-state index contributed by atoms with van der Waals surface area (Å²) in [4.78, 5) is 22.3. The van der Waals surface area contributed by atoms with Crippen LogP contribution >= 0.6 is 0 Å². The number of aromatic nitrogens is 8. The third-order valence-corrected chi connectivity index (χ3v) is 4.59. The highest BCUT2D eigenvalue weighted by Gasteiger charge is 2.25. The smallest absolute Gasteiger partial charge is 0.223 e. The Morgan fingerprint density at radius 1 is 1.04 bits per heavy atom. The van der Waals surface area contributed by atoms with Gasteiger partial charge in [0.15, 0.2) is 11.6 Å². The van der Waals surface area contributed by atoms with E-state index in [2.05, 4.69) is 40.6 Å². The molecule has 0 spiro atoms. The topological polar surface area (TPSA) is 120 Å². The molecule has 140 valence electrons. The van der Waals surface area contributed by atoms with Gasteiger partial charge in [0.25, 0.3) is 0 Å². The van der Waals surface area contributed by atoms with Crippen molar-refractivity contribution < 1.29 is 4.79 Å². The van der Waals surface area contributed by atoms with Gasteiger partial charge in [-0.15, -0.1) is 10.2 Å². The SMILES string of the molecule is O=C(NCCn1cncn1)C1CCN(c2ccc(-n3cncn3)nn2)CC1. The van der Waals surface area contributed by atoms with Crippen LogP contribution in [0, 0.1) is 5.92 Å². The molecular formula is C16H20N10O. The third-order valence-electron chi connectivity index (χ3n) is 4.59. The summed E-state index contributed by atoms with van der Waals surface area (Å²) in [6.45, 7) is 2.73. The first kappa shape index (κ1) is 17.1. The highest BCUT2D eigenvalue weighted by molar-refractivity contribution is 5.78. The lowest BCUT2D eigenvalue weighted by molar-refractivity contribution is -0.125. The van der Waals surface area contributed by atoms with Gasteiger partial charge in [-0.3, -0.25) is 9.48 Å². The lowest BCUT2D eigenvalue weighted by Gasteiger charge is -2.31. The maximum absolute atomic E-state index is 12.3. The standard InChI is InChI=1S/C16H20N10O/c27-16(19-5-8-25-11-17-9-20-25)13-3-6-24(7-4-13)14-1-2-15(23-22-14)26-12-18-10-21-26/h1-2,9-13H,3-8H2,(H,19,27). The van der Waals surface area contributed by atoms with Crippen LogP contribution in [0.15, 0.2) is 37.4 Å². The van der Waals surface area contributed by atoms with Crippen molar-refractivity contribution in [3.63, 3.8) is 0 Å². The monoisotopic (exact) mass is 368 g/mol. The number of nitrogens with one attached hydrogen (secondary N) is 1. The molecule has 0 aromatic carbocycles. The molecule has 1 aliphatic heterocycles. The predicted molar refractivity (Wildman–Crippen MR) is 94.9 cm³/mol. The molecule has 0 unspecified atom stereocenters. The minimum absolute atomic E-state index is 0.0272. The number of piperidine rings is 1. The van der Waals surface area contributed by atoms with Gasteiger partial charge in [0, 0.05) is 25.6 Å². The van der Waals surface area contributed by atoms with Crippen molar-refractivity contribution >= 4 is 11.7 Å². The van der Waals surface area contributed by atoms with E-state index >= 15 is 0 Å². The molecule has 0 saturated carbocycles. The van der Waals surface area contributed by atoms with E-state index in [9.17, 15) is 4.79 Å². The summed E-state index contributed by atoms with van der Waals surface area (Å²) in [6, 6.07) is 3.78. The van der Waals surface area contributed by atoms with Gasteiger partial charge in [-0.1, -0.05) is 0 Å². The minimum Gasteiger partial charge on any atom is -0.355 e. The summed E-state index contributed by atoms with van der Waals surface area (Å²) in [5.74, 6) is 1.56. The van der Waals surface area contributed by atoms with E-state index in [4.69, 9.17) is 0 Å². The van der Waals surface area contributed by atoms with Crippen molar-refractivity contribution in [3.05, 3.63) is 37.4 Å². The fourth-order valence-corrected chi connectivity index (χ4v) is 3.09. The Kier molecular flexibility index (Phi) is 4.99. The van der Waals surface area contributed by atoms with Crippen LogP contribution in [0.4, 0.5) is 5.82 Å². The van der Waals surface area contributed by atoms with Crippen molar-refractivity contribution in [1.29, 1.82) is 0 Å². The Hall–Kier alpha value is -3.37. The third kappa shape index (κ3) is 4.07. The molecule has 1 fully saturated rings. The highest BCUT2D eigenvalue weighted by Crippen LogP contribution is 2.21. The zero-order valence-corrected chi connectivity index (χ0v) is 14.7. The second-order valence-electron chi connectivity index (χ2n) is 6.30. The predicted octanol–water partition coefficient (Wildman–Crippen LogP) is -0.318. The van der Waals surface area contributed by atoms with E-state index in [1.807, 2.05) is 12.1 Å². The minimum atomic E-state index is 0.0272. The molecule has 1 saturated heterocycles. The van der Waals surface area contributed by atoms with E-state index in [-0.39, 0.29) is 11.8 Å². The van der Waals surface area contributed by atoms with Gasteiger partial charge in [-0.25, -0.2) is 14.6 Å².